The van der Waals surface area contributed by atoms with E-state index in [1.165, 1.54) is 0 Å². The van der Waals surface area contributed by atoms with Crippen LogP contribution in [0, 0.1) is 0 Å². The number of rotatable bonds is 6. The molecule has 0 aliphatic heterocycles. The van der Waals surface area contributed by atoms with Crippen molar-refractivity contribution in [3.63, 3.8) is 0 Å². The van der Waals surface area contributed by atoms with Gasteiger partial charge < -0.3 is 15.2 Å². The standard InChI is InChI=1S/C16H18ClNO2/c1-2-20-16-7-6-14(9-13(16)10-17)18-11-12-4-3-5-15(19)8-12/h3-9,18-19H,2,10-11H2,1H3. The van der Waals surface area contributed by atoms with E-state index in [9.17, 15) is 5.11 Å². The van der Waals surface area contributed by atoms with Gasteiger partial charge >= 0.3 is 0 Å². The SMILES string of the molecule is CCOc1ccc(NCc2cccc(O)c2)cc1CCl. The summed E-state index contributed by atoms with van der Waals surface area (Å²) in [5, 5.41) is 12.7. The van der Waals surface area contributed by atoms with Crippen LogP contribution in [-0.2, 0) is 12.4 Å². The van der Waals surface area contributed by atoms with Gasteiger partial charge in [0.2, 0.25) is 0 Å². The van der Waals surface area contributed by atoms with Crippen LogP contribution in [0.4, 0.5) is 5.69 Å². The van der Waals surface area contributed by atoms with Crippen LogP contribution < -0.4 is 10.1 Å². The molecule has 2 rings (SSSR count). The smallest absolute Gasteiger partial charge is 0.123 e. The lowest BCUT2D eigenvalue weighted by molar-refractivity contribution is 0.337. The summed E-state index contributed by atoms with van der Waals surface area (Å²) in [5.41, 5.74) is 2.97. The zero-order valence-corrected chi connectivity index (χ0v) is 12.2. The average molecular weight is 292 g/mol. The third-order valence-electron chi connectivity index (χ3n) is 2.91. The Hall–Kier alpha value is -1.87. The fraction of sp³-hybridized carbons (Fsp3) is 0.250. The lowest BCUT2D eigenvalue weighted by Crippen LogP contribution is -2.01. The second-order valence-electron chi connectivity index (χ2n) is 4.41. The van der Waals surface area contributed by atoms with Crippen molar-refractivity contribution in [1.29, 1.82) is 0 Å². The minimum atomic E-state index is 0.275. The van der Waals surface area contributed by atoms with Crippen LogP contribution in [0.1, 0.15) is 18.1 Å². The van der Waals surface area contributed by atoms with E-state index in [1.807, 2.05) is 37.3 Å². The number of benzene rings is 2. The third-order valence-corrected chi connectivity index (χ3v) is 3.20. The quantitative estimate of drug-likeness (QED) is 0.786. The number of halogens is 1. The number of anilines is 1. The summed E-state index contributed by atoms with van der Waals surface area (Å²) in [4.78, 5) is 0. The van der Waals surface area contributed by atoms with Crippen molar-refractivity contribution < 1.29 is 9.84 Å². The van der Waals surface area contributed by atoms with E-state index < -0.39 is 0 Å². The van der Waals surface area contributed by atoms with Crippen molar-refractivity contribution in [3.05, 3.63) is 53.6 Å². The van der Waals surface area contributed by atoms with Gasteiger partial charge in [0.1, 0.15) is 11.5 Å². The zero-order chi connectivity index (χ0) is 14.4. The first-order chi connectivity index (χ1) is 9.72. The highest BCUT2D eigenvalue weighted by atomic mass is 35.5. The maximum absolute atomic E-state index is 9.43. The summed E-state index contributed by atoms with van der Waals surface area (Å²) >= 11 is 5.94. The maximum Gasteiger partial charge on any atom is 0.123 e. The predicted molar refractivity (Wildman–Crippen MR) is 82.6 cm³/mol. The van der Waals surface area contributed by atoms with Crippen molar-refractivity contribution in [3.8, 4) is 11.5 Å². The normalized spacial score (nSPS) is 10.3. The second kappa shape index (κ2) is 7.06. The molecule has 2 aromatic carbocycles. The molecule has 0 atom stereocenters. The van der Waals surface area contributed by atoms with Crippen molar-refractivity contribution in [2.75, 3.05) is 11.9 Å². The van der Waals surface area contributed by atoms with Gasteiger partial charge in [0.05, 0.1) is 12.5 Å². The van der Waals surface area contributed by atoms with Crippen molar-refractivity contribution in [2.24, 2.45) is 0 Å². The lowest BCUT2D eigenvalue weighted by Gasteiger charge is -2.12. The second-order valence-corrected chi connectivity index (χ2v) is 4.68. The molecule has 0 saturated carbocycles. The highest BCUT2D eigenvalue weighted by Gasteiger charge is 2.04. The van der Waals surface area contributed by atoms with Crippen LogP contribution >= 0.6 is 11.6 Å². The number of aromatic hydroxyl groups is 1. The Balaban J connectivity index is 2.06. The van der Waals surface area contributed by atoms with Gasteiger partial charge in [-0.2, -0.15) is 0 Å². The molecule has 3 nitrogen and oxygen atoms in total. The van der Waals surface area contributed by atoms with Crippen LogP contribution in [0.2, 0.25) is 0 Å². The van der Waals surface area contributed by atoms with Gasteiger partial charge in [0.25, 0.3) is 0 Å². The molecule has 0 bridgehead atoms. The largest absolute Gasteiger partial charge is 0.508 e. The van der Waals surface area contributed by atoms with Gasteiger partial charge in [0.15, 0.2) is 0 Å². The van der Waals surface area contributed by atoms with E-state index in [-0.39, 0.29) is 5.75 Å². The zero-order valence-electron chi connectivity index (χ0n) is 11.4. The summed E-state index contributed by atoms with van der Waals surface area (Å²) in [6, 6.07) is 13.1. The number of hydrogen-bond acceptors (Lipinski definition) is 3. The fourth-order valence-electron chi connectivity index (χ4n) is 1.96. The molecule has 0 aliphatic rings. The molecule has 20 heavy (non-hydrogen) atoms. The molecule has 2 N–H and O–H groups in total. The van der Waals surface area contributed by atoms with E-state index in [0.717, 1.165) is 22.6 Å². The molecule has 0 heterocycles. The maximum atomic E-state index is 9.43. The topological polar surface area (TPSA) is 41.5 Å². The van der Waals surface area contributed by atoms with E-state index in [2.05, 4.69) is 5.32 Å². The number of hydrogen-bond donors (Lipinski definition) is 2. The Kier molecular flexibility index (Phi) is 5.13. The van der Waals surface area contributed by atoms with Gasteiger partial charge in [-0.05, 0) is 42.8 Å². The fourth-order valence-corrected chi connectivity index (χ4v) is 2.17. The molecule has 0 unspecified atom stereocenters. The van der Waals surface area contributed by atoms with Crippen LogP contribution in [0.3, 0.4) is 0 Å². The molecule has 0 radical (unpaired) electrons. The first-order valence-electron chi connectivity index (χ1n) is 6.56. The number of nitrogens with one attached hydrogen (secondary N) is 1. The molecule has 0 aromatic heterocycles. The molecule has 0 aliphatic carbocycles. The molecular formula is C16H18ClNO2. The Labute approximate surface area is 124 Å². The summed E-state index contributed by atoms with van der Waals surface area (Å²) in [6.07, 6.45) is 0. The van der Waals surface area contributed by atoms with Gasteiger partial charge in [-0.1, -0.05) is 12.1 Å². The molecule has 0 amide bonds. The first kappa shape index (κ1) is 14.5. The Bertz CT molecular complexity index is 572. The van der Waals surface area contributed by atoms with E-state index in [0.29, 0.717) is 19.0 Å². The Morgan fingerprint density at radius 3 is 2.75 bits per heavy atom. The Morgan fingerprint density at radius 2 is 2.05 bits per heavy atom. The number of ether oxygens (including phenoxy) is 1. The molecule has 0 saturated heterocycles. The van der Waals surface area contributed by atoms with Crippen LogP contribution in [0.5, 0.6) is 11.5 Å². The minimum Gasteiger partial charge on any atom is -0.508 e. The van der Waals surface area contributed by atoms with Gasteiger partial charge in [-0.3, -0.25) is 0 Å². The molecule has 4 heteroatoms. The highest BCUT2D eigenvalue weighted by Crippen LogP contribution is 2.25. The Morgan fingerprint density at radius 1 is 1.20 bits per heavy atom. The van der Waals surface area contributed by atoms with Crippen molar-refractivity contribution in [2.45, 2.75) is 19.3 Å². The molecule has 0 fully saturated rings. The summed E-state index contributed by atoms with van der Waals surface area (Å²) in [5.74, 6) is 1.51. The van der Waals surface area contributed by atoms with E-state index >= 15 is 0 Å². The third kappa shape index (κ3) is 3.81. The number of alkyl halides is 1. The highest BCUT2D eigenvalue weighted by molar-refractivity contribution is 6.17. The number of phenolic OH excluding ortho intramolecular Hbond substituents is 1. The van der Waals surface area contributed by atoms with Crippen molar-refractivity contribution >= 4 is 17.3 Å². The van der Waals surface area contributed by atoms with Gasteiger partial charge in [-0.25, -0.2) is 0 Å². The van der Waals surface area contributed by atoms with Crippen LogP contribution in [0.15, 0.2) is 42.5 Å². The van der Waals surface area contributed by atoms with Gasteiger partial charge in [-0.15, -0.1) is 11.6 Å². The predicted octanol–water partition coefficient (Wildman–Crippen LogP) is 4.14. The molecular weight excluding hydrogens is 274 g/mol. The van der Waals surface area contributed by atoms with E-state index in [4.69, 9.17) is 16.3 Å². The van der Waals surface area contributed by atoms with Crippen LogP contribution in [0.25, 0.3) is 0 Å². The molecule has 106 valence electrons. The van der Waals surface area contributed by atoms with Crippen molar-refractivity contribution in [1.82, 2.24) is 0 Å². The first-order valence-corrected chi connectivity index (χ1v) is 7.10. The van der Waals surface area contributed by atoms with Gasteiger partial charge in [0, 0.05) is 17.8 Å². The molecule has 2 aromatic rings. The van der Waals surface area contributed by atoms with Crippen LogP contribution in [-0.4, -0.2) is 11.7 Å². The minimum absolute atomic E-state index is 0.275. The summed E-state index contributed by atoms with van der Waals surface area (Å²) in [7, 11) is 0. The lowest BCUT2D eigenvalue weighted by atomic mass is 10.1. The average Bonchev–Trinajstić information content (AvgIpc) is 2.46. The summed E-state index contributed by atoms with van der Waals surface area (Å²) in [6.45, 7) is 3.22. The van der Waals surface area contributed by atoms with E-state index in [1.54, 1.807) is 12.1 Å². The summed E-state index contributed by atoms with van der Waals surface area (Å²) < 4.78 is 5.52. The monoisotopic (exact) mass is 291 g/mol. The molecule has 0 spiro atoms. The number of phenols is 1.